The van der Waals surface area contributed by atoms with Crippen LogP contribution in [-0.4, -0.2) is 14.8 Å². The third-order valence-corrected chi connectivity index (χ3v) is 4.86. The van der Waals surface area contributed by atoms with Crippen LogP contribution in [0.5, 0.6) is 5.75 Å². The van der Waals surface area contributed by atoms with Gasteiger partial charge in [0.1, 0.15) is 10.6 Å². The van der Waals surface area contributed by atoms with Gasteiger partial charge in [-0.25, -0.2) is 13.1 Å². The van der Waals surface area contributed by atoms with Crippen molar-refractivity contribution in [2.24, 2.45) is 0 Å². The van der Waals surface area contributed by atoms with E-state index in [1.165, 1.54) is 12.1 Å². The Hall–Kier alpha value is -1.77. The van der Waals surface area contributed by atoms with E-state index in [9.17, 15) is 21.6 Å². The molecule has 0 bridgehead atoms. The summed E-state index contributed by atoms with van der Waals surface area (Å²) >= 11 is 5.85. The zero-order chi connectivity index (χ0) is 18.0. The Balaban J connectivity index is 2.31. The highest BCUT2D eigenvalue weighted by atomic mass is 35.5. The summed E-state index contributed by atoms with van der Waals surface area (Å²) in [5.41, 5.74) is 0.570. The summed E-state index contributed by atoms with van der Waals surface area (Å²) < 4.78 is 68.2. The number of halogens is 4. The van der Waals surface area contributed by atoms with Crippen molar-refractivity contribution in [1.82, 2.24) is 4.72 Å². The van der Waals surface area contributed by atoms with E-state index < -0.39 is 33.1 Å². The molecule has 9 heteroatoms. The van der Waals surface area contributed by atoms with Gasteiger partial charge in [0.2, 0.25) is 10.0 Å². The van der Waals surface area contributed by atoms with Crippen molar-refractivity contribution in [1.29, 1.82) is 0 Å². The average molecular weight is 380 g/mol. The highest BCUT2D eigenvalue weighted by molar-refractivity contribution is 7.89. The second kappa shape index (κ2) is 7.00. The molecule has 2 rings (SSSR count). The zero-order valence-corrected chi connectivity index (χ0v) is 13.9. The predicted octanol–water partition coefficient (Wildman–Crippen LogP) is 4.28. The monoisotopic (exact) mass is 379 g/mol. The van der Waals surface area contributed by atoms with Gasteiger partial charge in [0, 0.05) is 11.1 Å². The number of benzene rings is 2. The summed E-state index contributed by atoms with van der Waals surface area (Å²) in [4.78, 5) is -0.601. The number of alkyl halides is 3. The van der Waals surface area contributed by atoms with Gasteiger partial charge in [0.05, 0.1) is 0 Å². The maximum atomic E-state index is 12.4. The van der Waals surface area contributed by atoms with Gasteiger partial charge >= 0.3 is 6.36 Å². The molecule has 0 radical (unpaired) electrons. The normalized spacial score (nSPS) is 13.5. The van der Waals surface area contributed by atoms with Crippen LogP contribution in [0.25, 0.3) is 0 Å². The number of para-hydroxylation sites is 1. The van der Waals surface area contributed by atoms with Crippen molar-refractivity contribution < 1.29 is 26.3 Å². The van der Waals surface area contributed by atoms with Crippen LogP contribution in [0.1, 0.15) is 18.5 Å². The van der Waals surface area contributed by atoms with Crippen molar-refractivity contribution in [3.05, 3.63) is 59.1 Å². The van der Waals surface area contributed by atoms with Gasteiger partial charge in [0.25, 0.3) is 0 Å². The van der Waals surface area contributed by atoms with E-state index in [2.05, 4.69) is 9.46 Å². The molecule has 0 unspecified atom stereocenters. The quantitative estimate of drug-likeness (QED) is 0.843. The molecule has 0 saturated carbocycles. The lowest BCUT2D eigenvalue weighted by molar-refractivity contribution is -0.275. The van der Waals surface area contributed by atoms with Gasteiger partial charge in [0.15, 0.2) is 0 Å². The van der Waals surface area contributed by atoms with Crippen molar-refractivity contribution in [3.8, 4) is 5.75 Å². The molecule has 0 saturated heterocycles. The largest absolute Gasteiger partial charge is 0.573 e. The fraction of sp³-hybridized carbons (Fsp3) is 0.200. The van der Waals surface area contributed by atoms with Crippen molar-refractivity contribution >= 4 is 21.6 Å². The first kappa shape index (κ1) is 18.6. The first-order valence-electron chi connectivity index (χ1n) is 6.71. The highest BCUT2D eigenvalue weighted by Gasteiger charge is 2.34. The lowest BCUT2D eigenvalue weighted by atomic mass is 10.1. The first-order chi connectivity index (χ1) is 11.1. The third-order valence-electron chi connectivity index (χ3n) is 3.04. The Labute approximate surface area is 142 Å². The van der Waals surface area contributed by atoms with Gasteiger partial charge in [-0.1, -0.05) is 35.9 Å². The Morgan fingerprint density at radius 2 is 1.79 bits per heavy atom. The number of nitrogens with one attached hydrogen (secondary N) is 1. The summed E-state index contributed by atoms with van der Waals surface area (Å²) in [6.45, 7) is 1.55. The molecular formula is C15H13ClF3NO3S. The molecule has 0 aromatic heterocycles. The van der Waals surface area contributed by atoms with Crippen LogP contribution in [0.4, 0.5) is 13.2 Å². The molecular weight excluding hydrogens is 367 g/mol. The lowest BCUT2D eigenvalue weighted by Crippen LogP contribution is -2.28. The molecule has 0 fully saturated rings. The molecule has 130 valence electrons. The van der Waals surface area contributed by atoms with Gasteiger partial charge < -0.3 is 4.74 Å². The van der Waals surface area contributed by atoms with E-state index >= 15 is 0 Å². The van der Waals surface area contributed by atoms with Crippen molar-refractivity contribution in [2.45, 2.75) is 24.2 Å². The van der Waals surface area contributed by atoms with Crippen molar-refractivity contribution in [3.63, 3.8) is 0 Å². The molecule has 0 aliphatic rings. The van der Waals surface area contributed by atoms with E-state index in [-0.39, 0.29) is 0 Å². The number of sulfonamides is 1. The minimum atomic E-state index is -5.00. The molecule has 0 aliphatic heterocycles. The second-order valence-corrected chi connectivity index (χ2v) is 7.01. The van der Waals surface area contributed by atoms with E-state index in [0.29, 0.717) is 10.6 Å². The molecule has 4 nitrogen and oxygen atoms in total. The number of hydrogen-bond donors (Lipinski definition) is 1. The summed E-state index contributed by atoms with van der Waals surface area (Å²) in [5, 5.41) is 0.416. The molecule has 1 atom stereocenters. The van der Waals surface area contributed by atoms with E-state index in [1.54, 1.807) is 31.2 Å². The van der Waals surface area contributed by atoms with Crippen LogP contribution < -0.4 is 9.46 Å². The zero-order valence-electron chi connectivity index (χ0n) is 12.3. The van der Waals surface area contributed by atoms with E-state index in [4.69, 9.17) is 11.6 Å². The predicted molar refractivity (Wildman–Crippen MR) is 83.3 cm³/mol. The Bertz CT molecular complexity index is 825. The van der Waals surface area contributed by atoms with Crippen LogP contribution in [0.15, 0.2) is 53.4 Å². The topological polar surface area (TPSA) is 55.4 Å². The Morgan fingerprint density at radius 1 is 1.12 bits per heavy atom. The van der Waals surface area contributed by atoms with Crippen molar-refractivity contribution in [2.75, 3.05) is 0 Å². The molecule has 2 aromatic rings. The fourth-order valence-electron chi connectivity index (χ4n) is 2.02. The Kier molecular flexibility index (Phi) is 5.42. The van der Waals surface area contributed by atoms with Crippen LogP contribution in [0, 0.1) is 0 Å². The first-order valence-corrected chi connectivity index (χ1v) is 8.57. The van der Waals surface area contributed by atoms with E-state index in [0.717, 1.165) is 12.1 Å². The van der Waals surface area contributed by atoms with Gasteiger partial charge in [-0.3, -0.25) is 0 Å². The number of rotatable bonds is 5. The van der Waals surface area contributed by atoms with Crippen LogP contribution in [0.2, 0.25) is 5.02 Å². The highest BCUT2D eigenvalue weighted by Crippen LogP contribution is 2.30. The third kappa shape index (κ3) is 4.86. The molecule has 24 heavy (non-hydrogen) atoms. The van der Waals surface area contributed by atoms with Crippen LogP contribution in [0.3, 0.4) is 0 Å². The fourth-order valence-corrected chi connectivity index (χ4v) is 3.58. The number of hydrogen-bond acceptors (Lipinski definition) is 3. The van der Waals surface area contributed by atoms with Gasteiger partial charge in [-0.05, 0) is 36.8 Å². The standard InChI is InChI=1S/C15H13ClF3NO3S/c1-10(11-5-4-6-12(16)9-11)20-24(21,22)14-8-3-2-7-13(14)23-15(17,18)19/h2-10,20H,1H3/t10-/m0/s1. The second-order valence-electron chi connectivity index (χ2n) is 4.89. The molecule has 0 heterocycles. The van der Waals surface area contributed by atoms with Gasteiger partial charge in [-0.2, -0.15) is 0 Å². The Morgan fingerprint density at radius 3 is 2.42 bits per heavy atom. The molecule has 0 amide bonds. The summed E-state index contributed by atoms with van der Waals surface area (Å²) in [6.07, 6.45) is -5.00. The average Bonchev–Trinajstić information content (AvgIpc) is 2.45. The summed E-state index contributed by atoms with van der Waals surface area (Å²) in [7, 11) is -4.24. The molecule has 2 aromatic carbocycles. The van der Waals surface area contributed by atoms with Gasteiger partial charge in [-0.15, -0.1) is 13.2 Å². The molecule has 0 aliphatic carbocycles. The minimum absolute atomic E-state index is 0.416. The van der Waals surface area contributed by atoms with Crippen LogP contribution in [-0.2, 0) is 10.0 Å². The SMILES string of the molecule is C[C@H](NS(=O)(=O)c1ccccc1OC(F)(F)F)c1cccc(Cl)c1. The maximum Gasteiger partial charge on any atom is 0.573 e. The van der Waals surface area contributed by atoms with Crippen LogP contribution >= 0.6 is 11.6 Å². The summed E-state index contributed by atoms with van der Waals surface area (Å²) in [5.74, 6) is -0.796. The lowest BCUT2D eigenvalue weighted by Gasteiger charge is -2.17. The molecule has 0 spiro atoms. The smallest absolute Gasteiger partial charge is 0.404 e. The maximum absolute atomic E-state index is 12.4. The summed E-state index contributed by atoms with van der Waals surface area (Å²) in [6, 6.07) is 10.3. The molecule has 1 N–H and O–H groups in total. The number of ether oxygens (including phenoxy) is 1. The van der Waals surface area contributed by atoms with E-state index in [1.807, 2.05) is 0 Å². The minimum Gasteiger partial charge on any atom is -0.404 e.